The number of hydrogen-bond acceptors (Lipinski definition) is 8. The van der Waals surface area contributed by atoms with Gasteiger partial charge in [0.05, 0.1) is 21.5 Å². The summed E-state index contributed by atoms with van der Waals surface area (Å²) in [6, 6.07) is 24.1. The fraction of sp³-hybridized carbons (Fsp3) is 0.357. The molecule has 5 aromatic rings. The summed E-state index contributed by atoms with van der Waals surface area (Å²) in [6.07, 6.45) is 1.02. The second kappa shape index (κ2) is 15.5. The Morgan fingerprint density at radius 1 is 0.887 bits per heavy atom. The predicted molar refractivity (Wildman–Crippen MR) is 207 cm³/mol. The molecule has 1 aromatic heterocycles. The first-order valence-electron chi connectivity index (χ1n) is 17.7. The van der Waals surface area contributed by atoms with Crippen molar-refractivity contribution in [2.75, 3.05) is 11.9 Å². The van der Waals surface area contributed by atoms with Crippen molar-refractivity contribution in [1.29, 1.82) is 0 Å². The van der Waals surface area contributed by atoms with Gasteiger partial charge in [-0.3, -0.25) is 15.0 Å². The highest BCUT2D eigenvalue weighted by Crippen LogP contribution is 2.34. The molecule has 0 aliphatic carbocycles. The van der Waals surface area contributed by atoms with E-state index in [9.17, 15) is 19.7 Å². The number of nitrogens with zero attached hydrogens (tertiary/aromatic N) is 4. The number of nitro benzene ring substituents is 1. The Labute approximate surface area is 310 Å². The highest BCUT2D eigenvalue weighted by Gasteiger charge is 2.27. The molecule has 5 rings (SSSR count). The van der Waals surface area contributed by atoms with Crippen molar-refractivity contribution >= 4 is 34.5 Å². The molecule has 0 aliphatic rings. The van der Waals surface area contributed by atoms with Gasteiger partial charge in [0.25, 0.3) is 5.69 Å². The largest absolute Gasteiger partial charge is 0.489 e. The molecule has 11 heteroatoms. The van der Waals surface area contributed by atoms with Gasteiger partial charge in [-0.1, -0.05) is 55.5 Å². The van der Waals surface area contributed by atoms with Gasteiger partial charge >= 0.3 is 12.1 Å². The Morgan fingerprint density at radius 2 is 1.57 bits per heavy atom. The third kappa shape index (κ3) is 9.40. The predicted octanol–water partition coefficient (Wildman–Crippen LogP) is 9.83. The molecule has 0 saturated heterocycles. The number of esters is 1. The van der Waals surface area contributed by atoms with Gasteiger partial charge in [0, 0.05) is 32.1 Å². The molecule has 0 radical (unpaired) electrons. The first kappa shape index (κ1) is 38.5. The summed E-state index contributed by atoms with van der Waals surface area (Å²) >= 11 is 0. The van der Waals surface area contributed by atoms with E-state index in [-0.39, 0.29) is 24.0 Å². The molecule has 0 unspecified atom stereocenters. The summed E-state index contributed by atoms with van der Waals surface area (Å²) in [7, 11) is 1.43. The van der Waals surface area contributed by atoms with Crippen molar-refractivity contribution in [3.8, 4) is 16.9 Å². The van der Waals surface area contributed by atoms with Crippen LogP contribution in [0, 0.1) is 17.0 Å². The zero-order valence-corrected chi connectivity index (χ0v) is 32.0. The summed E-state index contributed by atoms with van der Waals surface area (Å²) in [6.45, 7) is 15.7. The molecule has 278 valence electrons. The number of anilines is 1. The summed E-state index contributed by atoms with van der Waals surface area (Å²) in [4.78, 5) is 43.2. The van der Waals surface area contributed by atoms with Gasteiger partial charge in [-0.25, -0.2) is 14.6 Å². The maximum atomic E-state index is 13.0. The Hall–Kier alpha value is -5.71. The van der Waals surface area contributed by atoms with Gasteiger partial charge in [0.2, 0.25) is 0 Å². The Balaban J connectivity index is 1.41. The topological polar surface area (TPSA) is 126 Å². The van der Waals surface area contributed by atoms with Crippen molar-refractivity contribution < 1.29 is 28.7 Å². The van der Waals surface area contributed by atoms with Crippen LogP contribution in [-0.4, -0.2) is 44.8 Å². The van der Waals surface area contributed by atoms with E-state index in [2.05, 4.69) is 29.7 Å². The van der Waals surface area contributed by atoms with E-state index >= 15 is 0 Å². The summed E-state index contributed by atoms with van der Waals surface area (Å²) < 4.78 is 19.5. The molecule has 1 amide bonds. The molecule has 0 N–H and O–H groups in total. The second-order valence-electron chi connectivity index (χ2n) is 15.1. The summed E-state index contributed by atoms with van der Waals surface area (Å²) in [5.74, 6) is 0.990. The Morgan fingerprint density at radius 3 is 2.21 bits per heavy atom. The highest BCUT2D eigenvalue weighted by molar-refractivity contribution is 5.97. The first-order chi connectivity index (χ1) is 24.9. The normalized spacial score (nSPS) is 11.7. The number of imidazole rings is 1. The van der Waals surface area contributed by atoms with Crippen LogP contribution in [0.4, 0.5) is 16.2 Å². The van der Waals surface area contributed by atoms with Gasteiger partial charge in [-0.2, -0.15) is 0 Å². The molecule has 0 fully saturated rings. The highest BCUT2D eigenvalue weighted by atomic mass is 16.6. The van der Waals surface area contributed by atoms with E-state index in [0.717, 1.165) is 62.4 Å². The average molecular weight is 721 g/mol. The number of aromatic nitrogens is 2. The van der Waals surface area contributed by atoms with E-state index in [1.165, 1.54) is 25.2 Å². The molecule has 53 heavy (non-hydrogen) atoms. The third-order valence-corrected chi connectivity index (χ3v) is 8.39. The number of hydrogen-bond donors (Lipinski definition) is 0. The van der Waals surface area contributed by atoms with Gasteiger partial charge in [0.15, 0.2) is 0 Å². The second-order valence-corrected chi connectivity index (χ2v) is 15.1. The van der Waals surface area contributed by atoms with Crippen LogP contribution in [0.3, 0.4) is 0 Å². The molecule has 4 aromatic carbocycles. The molecule has 0 bridgehead atoms. The number of carbonyl (C=O) groups excluding carboxylic acids is 2. The Kier molecular flexibility index (Phi) is 11.3. The number of carbonyl (C=O) groups is 2. The van der Waals surface area contributed by atoms with Gasteiger partial charge in [-0.05, 0) is 101 Å². The number of fused-ring (bicyclic) bond motifs is 1. The SMILES string of the molecule is CCCc1nc2c(C)cc(COc3ccc([N+](=O)[O-])c(N(C)C(=O)OC(C)(C)C)c3)cc2n1Cc1ccc(-c2ccccc2C(=O)OC(C)(C)C)cc1. The standard InChI is InChI=1S/C42H48N4O7/c1-10-13-37-43-38-27(2)22-29(26-51-31-20-21-34(46(49)50)35(24-31)44(9)40(48)53-42(6,7)8)23-36(38)45(37)25-28-16-18-30(19-17-28)32-14-11-12-15-33(32)39(47)52-41(3,4)5/h11-12,14-24H,10,13,25-26H2,1-9H3. The lowest BCUT2D eigenvalue weighted by molar-refractivity contribution is -0.384. The molecular weight excluding hydrogens is 672 g/mol. The van der Waals surface area contributed by atoms with Crippen LogP contribution in [0.1, 0.15) is 87.8 Å². The maximum absolute atomic E-state index is 13.0. The Bertz CT molecular complexity index is 2140. The number of ether oxygens (including phenoxy) is 3. The molecular formula is C42H48N4O7. The van der Waals surface area contributed by atoms with E-state index < -0.39 is 22.2 Å². The smallest absolute Gasteiger partial charge is 0.414 e. The number of aryl methyl sites for hydroxylation is 2. The minimum Gasteiger partial charge on any atom is -0.489 e. The minimum absolute atomic E-state index is 0.0648. The van der Waals surface area contributed by atoms with Crippen LogP contribution in [0.2, 0.25) is 0 Å². The van der Waals surface area contributed by atoms with Crippen molar-refractivity contribution in [3.63, 3.8) is 0 Å². The van der Waals surface area contributed by atoms with Crippen LogP contribution in [0.25, 0.3) is 22.2 Å². The zero-order valence-electron chi connectivity index (χ0n) is 32.0. The number of nitro groups is 1. The van der Waals surface area contributed by atoms with Crippen LogP contribution in [0.15, 0.2) is 78.9 Å². The molecule has 11 nitrogen and oxygen atoms in total. The number of amides is 1. The van der Waals surface area contributed by atoms with Gasteiger partial charge < -0.3 is 18.8 Å². The zero-order chi connectivity index (χ0) is 38.7. The van der Waals surface area contributed by atoms with Crippen molar-refractivity contribution in [2.45, 2.75) is 92.6 Å². The third-order valence-electron chi connectivity index (χ3n) is 8.39. The number of benzene rings is 4. The lowest BCUT2D eigenvalue weighted by Gasteiger charge is -2.24. The van der Waals surface area contributed by atoms with Gasteiger partial charge in [0.1, 0.15) is 35.1 Å². The first-order valence-corrected chi connectivity index (χ1v) is 17.7. The van der Waals surface area contributed by atoms with E-state index in [1.54, 1.807) is 26.8 Å². The van der Waals surface area contributed by atoms with Crippen LogP contribution >= 0.6 is 0 Å². The number of rotatable bonds is 11. The fourth-order valence-corrected chi connectivity index (χ4v) is 6.02. The van der Waals surface area contributed by atoms with Crippen LogP contribution < -0.4 is 9.64 Å². The van der Waals surface area contributed by atoms with E-state index in [1.807, 2.05) is 64.1 Å². The van der Waals surface area contributed by atoms with E-state index in [4.69, 9.17) is 19.2 Å². The average Bonchev–Trinajstić information content (AvgIpc) is 3.42. The van der Waals surface area contributed by atoms with Crippen molar-refractivity contribution in [3.05, 3.63) is 117 Å². The van der Waals surface area contributed by atoms with Crippen LogP contribution in [-0.2, 0) is 29.0 Å². The van der Waals surface area contributed by atoms with Crippen LogP contribution in [0.5, 0.6) is 5.75 Å². The summed E-state index contributed by atoms with van der Waals surface area (Å²) in [5, 5.41) is 11.8. The minimum atomic E-state index is -0.771. The monoisotopic (exact) mass is 720 g/mol. The summed E-state index contributed by atoms with van der Waals surface area (Å²) in [5.41, 5.74) is 5.56. The van der Waals surface area contributed by atoms with Crippen molar-refractivity contribution in [2.24, 2.45) is 0 Å². The molecule has 0 atom stereocenters. The lowest BCUT2D eigenvalue weighted by atomic mass is 9.98. The molecule has 0 aliphatic heterocycles. The molecule has 0 saturated carbocycles. The maximum Gasteiger partial charge on any atom is 0.414 e. The molecule has 1 heterocycles. The van der Waals surface area contributed by atoms with E-state index in [0.29, 0.717) is 17.9 Å². The van der Waals surface area contributed by atoms with Gasteiger partial charge in [-0.15, -0.1) is 0 Å². The van der Waals surface area contributed by atoms with Crippen molar-refractivity contribution in [1.82, 2.24) is 9.55 Å². The fourth-order valence-electron chi connectivity index (χ4n) is 6.02. The lowest BCUT2D eigenvalue weighted by Crippen LogP contribution is -2.34. The quantitative estimate of drug-likeness (QED) is 0.0750. The molecule has 0 spiro atoms.